The molecule has 10 atom stereocenters. The first-order valence-corrected chi connectivity index (χ1v) is 20.5. The average Bonchev–Trinajstić information content (AvgIpc) is 3.44. The summed E-state index contributed by atoms with van der Waals surface area (Å²) in [6, 6.07) is 7.52. The van der Waals surface area contributed by atoms with Crippen molar-refractivity contribution in [1.29, 1.82) is 0 Å². The zero-order valence-corrected chi connectivity index (χ0v) is 32.2. The van der Waals surface area contributed by atoms with Crippen LogP contribution < -0.4 is 0 Å². The lowest BCUT2D eigenvalue weighted by Gasteiger charge is -2.72. The van der Waals surface area contributed by atoms with Crippen molar-refractivity contribution in [3.8, 4) is 0 Å². The minimum atomic E-state index is -0.880. The van der Waals surface area contributed by atoms with Crippen molar-refractivity contribution in [3.05, 3.63) is 66.0 Å². The summed E-state index contributed by atoms with van der Waals surface area (Å²) in [5, 5.41) is 20.0. The van der Waals surface area contributed by atoms with Gasteiger partial charge in [-0.05, 0) is 158 Å². The number of thioether (sulfide) groups is 1. The number of allylic oxidation sites excluding steroid dienone is 4. The van der Waals surface area contributed by atoms with Gasteiger partial charge in [-0.2, -0.15) is 11.8 Å². The topological polar surface area (TPSA) is 74.6 Å². The zero-order valence-electron chi connectivity index (χ0n) is 31.4. The normalized spacial score (nSPS) is 39.7. The standard InChI is InChI=1S/C44H62O4S/c1-27(2)32-16-22-44(37(46)26-31(28(3)45)19-25-49-9)24-23-42(7)34(38(32)44)14-15-36-41(6)20-17-33(29-10-12-30(13-11-29)39(47)48)40(4,5)35(41)18-21-43(36,42)8/h10-13,17,31-32,34-36,38,45H,1,3,14-16,18-26H2,2,4-9H3,(H,47,48)/t31-,32+,34-,35+,36-,38-,41+,42-,43-,44-/m1/s1. The van der Waals surface area contributed by atoms with Crippen LogP contribution in [-0.2, 0) is 4.79 Å². The van der Waals surface area contributed by atoms with Crippen molar-refractivity contribution < 1.29 is 19.8 Å². The molecule has 0 heterocycles. The van der Waals surface area contributed by atoms with Gasteiger partial charge in [-0.15, -0.1) is 0 Å². The first kappa shape index (κ1) is 36.5. The Labute approximate surface area is 300 Å². The van der Waals surface area contributed by atoms with E-state index >= 15 is 0 Å². The largest absolute Gasteiger partial charge is 0.513 e. The number of ketones is 1. The second-order valence-electron chi connectivity index (χ2n) is 18.4. The van der Waals surface area contributed by atoms with Gasteiger partial charge in [-0.1, -0.05) is 71.6 Å². The van der Waals surface area contributed by atoms with E-state index in [2.05, 4.69) is 67.0 Å². The van der Waals surface area contributed by atoms with Gasteiger partial charge in [0.05, 0.1) is 11.3 Å². The van der Waals surface area contributed by atoms with E-state index < -0.39 is 5.97 Å². The Morgan fingerprint density at radius 2 is 1.59 bits per heavy atom. The van der Waals surface area contributed by atoms with Crippen LogP contribution in [0.5, 0.6) is 0 Å². The summed E-state index contributed by atoms with van der Waals surface area (Å²) in [6.07, 6.45) is 15.7. The molecule has 4 saturated carbocycles. The molecule has 5 aliphatic rings. The van der Waals surface area contributed by atoms with Crippen LogP contribution >= 0.6 is 11.8 Å². The summed E-state index contributed by atoms with van der Waals surface area (Å²) in [6.45, 7) is 23.4. The molecule has 0 saturated heterocycles. The molecule has 5 heteroatoms. The van der Waals surface area contributed by atoms with Gasteiger partial charge in [0.25, 0.3) is 0 Å². The van der Waals surface area contributed by atoms with Crippen LogP contribution in [0.1, 0.15) is 128 Å². The molecule has 0 aliphatic heterocycles. The number of carboxylic acid groups (broad SMARTS) is 1. The highest BCUT2D eigenvalue weighted by molar-refractivity contribution is 7.98. The number of carbonyl (C=O) groups excluding carboxylic acids is 1. The smallest absolute Gasteiger partial charge is 0.335 e. The molecule has 0 radical (unpaired) electrons. The van der Waals surface area contributed by atoms with Crippen LogP contribution in [0, 0.1) is 62.6 Å². The molecule has 0 aromatic heterocycles. The molecule has 5 aliphatic carbocycles. The predicted octanol–water partition coefficient (Wildman–Crippen LogP) is 11.4. The SMILES string of the molecule is C=C(O)[C@H](CCSC)CC(=O)[C@]12CC[C@@H](C(=C)C)[C@@H]1[C@H]1CC[C@@H]3[C@@]4(C)CC=C(c5ccc(C(=O)O)cc5)C(C)(C)[C@@H]4CC[C@@]3(C)[C@]1(C)CC2. The number of aliphatic hydroxyl groups excluding tert-OH is 1. The Kier molecular flexibility index (Phi) is 9.50. The number of carboxylic acids is 1. The van der Waals surface area contributed by atoms with E-state index in [1.807, 2.05) is 12.1 Å². The van der Waals surface area contributed by atoms with Crippen molar-refractivity contribution in [2.45, 2.75) is 112 Å². The molecule has 4 fully saturated rings. The fourth-order valence-corrected chi connectivity index (χ4v) is 14.1. The third-order valence-electron chi connectivity index (χ3n) is 16.2. The number of rotatable bonds is 10. The van der Waals surface area contributed by atoms with Gasteiger partial charge in [0, 0.05) is 17.8 Å². The fraction of sp³-hybridized carbons (Fsp3) is 0.682. The van der Waals surface area contributed by atoms with Crippen LogP contribution in [0.15, 0.2) is 54.8 Å². The molecule has 268 valence electrons. The van der Waals surface area contributed by atoms with Crippen molar-refractivity contribution in [2.75, 3.05) is 12.0 Å². The Balaban J connectivity index is 1.33. The molecule has 6 rings (SSSR count). The number of aromatic carboxylic acids is 1. The van der Waals surface area contributed by atoms with Gasteiger partial charge >= 0.3 is 5.97 Å². The van der Waals surface area contributed by atoms with E-state index in [9.17, 15) is 19.8 Å². The molecule has 2 N–H and O–H groups in total. The molecule has 49 heavy (non-hydrogen) atoms. The van der Waals surface area contributed by atoms with E-state index in [-0.39, 0.29) is 38.8 Å². The first-order valence-electron chi connectivity index (χ1n) is 19.1. The van der Waals surface area contributed by atoms with E-state index in [0.717, 1.165) is 49.8 Å². The van der Waals surface area contributed by atoms with E-state index in [4.69, 9.17) is 0 Å². The maximum absolute atomic E-state index is 14.7. The summed E-state index contributed by atoms with van der Waals surface area (Å²) in [5.41, 5.74) is 4.28. The van der Waals surface area contributed by atoms with Crippen molar-refractivity contribution in [3.63, 3.8) is 0 Å². The Bertz CT molecular complexity index is 1540. The lowest BCUT2D eigenvalue weighted by Crippen LogP contribution is -2.66. The summed E-state index contributed by atoms with van der Waals surface area (Å²) in [7, 11) is 0. The molecule has 0 unspecified atom stereocenters. The van der Waals surface area contributed by atoms with Gasteiger partial charge in [0.2, 0.25) is 0 Å². The highest BCUT2D eigenvalue weighted by atomic mass is 32.2. The van der Waals surface area contributed by atoms with Gasteiger partial charge in [0.1, 0.15) is 5.78 Å². The van der Waals surface area contributed by atoms with Gasteiger partial charge < -0.3 is 10.2 Å². The highest BCUT2D eigenvalue weighted by Crippen LogP contribution is 2.78. The van der Waals surface area contributed by atoms with Gasteiger partial charge in [-0.25, -0.2) is 4.79 Å². The summed E-state index contributed by atoms with van der Waals surface area (Å²) in [4.78, 5) is 26.2. The fourth-order valence-electron chi connectivity index (χ4n) is 13.6. The number of carbonyl (C=O) groups is 2. The molecule has 4 nitrogen and oxygen atoms in total. The molecular weight excluding hydrogens is 625 g/mol. The maximum atomic E-state index is 14.7. The van der Waals surface area contributed by atoms with E-state index in [0.29, 0.717) is 47.4 Å². The van der Waals surface area contributed by atoms with Crippen molar-refractivity contribution in [2.24, 2.45) is 62.6 Å². The Morgan fingerprint density at radius 3 is 2.20 bits per heavy atom. The lowest BCUT2D eigenvalue weighted by molar-refractivity contribution is -0.224. The van der Waals surface area contributed by atoms with Crippen LogP contribution in [0.4, 0.5) is 0 Å². The van der Waals surface area contributed by atoms with Crippen molar-refractivity contribution in [1.82, 2.24) is 0 Å². The van der Waals surface area contributed by atoms with Crippen LogP contribution in [0.25, 0.3) is 5.57 Å². The molecule has 0 amide bonds. The average molecular weight is 687 g/mol. The summed E-state index contributed by atoms with van der Waals surface area (Å²) >= 11 is 1.77. The quantitative estimate of drug-likeness (QED) is 0.189. The summed E-state index contributed by atoms with van der Waals surface area (Å²) < 4.78 is 0. The maximum Gasteiger partial charge on any atom is 0.335 e. The Morgan fingerprint density at radius 1 is 0.898 bits per heavy atom. The van der Waals surface area contributed by atoms with E-state index in [1.165, 1.54) is 36.8 Å². The number of fused-ring (bicyclic) bond motifs is 7. The highest BCUT2D eigenvalue weighted by Gasteiger charge is 2.71. The van der Waals surface area contributed by atoms with Crippen LogP contribution in [-0.4, -0.2) is 34.0 Å². The number of hydrogen-bond acceptors (Lipinski definition) is 4. The molecule has 1 aromatic rings. The number of hydrogen-bond donors (Lipinski definition) is 2. The third-order valence-corrected chi connectivity index (χ3v) is 16.9. The first-order chi connectivity index (χ1) is 23.0. The predicted molar refractivity (Wildman–Crippen MR) is 204 cm³/mol. The monoisotopic (exact) mass is 686 g/mol. The van der Waals surface area contributed by atoms with Gasteiger partial charge in [0.15, 0.2) is 0 Å². The zero-order chi connectivity index (χ0) is 35.7. The number of benzene rings is 1. The molecule has 0 spiro atoms. The molecular formula is C44H62O4S. The van der Waals surface area contributed by atoms with E-state index in [1.54, 1.807) is 23.9 Å². The van der Waals surface area contributed by atoms with Crippen molar-refractivity contribution >= 4 is 29.1 Å². The van der Waals surface area contributed by atoms with Gasteiger partial charge in [-0.3, -0.25) is 4.79 Å². The number of Topliss-reactive ketones (excluding diaryl/α,β-unsaturated/α-hetero) is 1. The molecule has 1 aromatic carbocycles. The van der Waals surface area contributed by atoms with Crippen LogP contribution in [0.2, 0.25) is 0 Å². The minimum Gasteiger partial charge on any atom is -0.513 e. The number of aliphatic hydroxyl groups is 1. The lowest BCUT2D eigenvalue weighted by atomic mass is 9.32. The third kappa shape index (κ3) is 5.45. The molecule has 0 bridgehead atoms. The second kappa shape index (κ2) is 12.7. The minimum absolute atomic E-state index is 0.0228. The van der Waals surface area contributed by atoms with Crippen LogP contribution in [0.3, 0.4) is 0 Å². The summed E-state index contributed by atoms with van der Waals surface area (Å²) in [5.74, 6) is 2.80. The second-order valence-corrected chi connectivity index (χ2v) is 19.4. The Hall–Kier alpha value is -2.27.